The van der Waals surface area contributed by atoms with Gasteiger partial charge in [0.15, 0.2) is 5.82 Å². The summed E-state index contributed by atoms with van der Waals surface area (Å²) in [5, 5.41) is 2.72. The molecule has 0 unspecified atom stereocenters. The van der Waals surface area contributed by atoms with E-state index in [-0.39, 0.29) is 6.54 Å². The van der Waals surface area contributed by atoms with Crippen LogP contribution in [0.4, 0.5) is 19.0 Å². The van der Waals surface area contributed by atoms with E-state index in [2.05, 4.69) is 15.0 Å². The number of carbonyl (C=O) groups excluding carboxylic acids is 1. The highest BCUT2D eigenvalue weighted by Crippen LogP contribution is 2.25. The fourth-order valence-corrected chi connectivity index (χ4v) is 2.48. The lowest BCUT2D eigenvalue weighted by atomic mass is 10.2. The molecule has 2 heterocycles. The standard InChI is InChI=1S/C16H14F3N3O2/c1-24-15(23)10-4-5-12-11(9-10)21-14(13-3-2-8-22(12)13)20-7-6-16(17,18)19/h2-5,8-9H,6-7H2,1H3,(H,20,21). The van der Waals surface area contributed by atoms with Crippen molar-refractivity contribution in [3.8, 4) is 0 Å². The third-order valence-corrected chi connectivity index (χ3v) is 3.58. The fraction of sp³-hybridized carbons (Fsp3) is 0.250. The molecule has 0 saturated carbocycles. The van der Waals surface area contributed by atoms with Gasteiger partial charge in [-0.15, -0.1) is 0 Å². The molecule has 0 radical (unpaired) electrons. The monoisotopic (exact) mass is 337 g/mol. The van der Waals surface area contributed by atoms with Crippen LogP contribution in [-0.2, 0) is 4.74 Å². The Labute approximate surface area is 135 Å². The van der Waals surface area contributed by atoms with Gasteiger partial charge in [0.05, 0.1) is 35.6 Å². The Morgan fingerprint density at radius 2 is 2.08 bits per heavy atom. The molecule has 0 atom stereocenters. The third-order valence-electron chi connectivity index (χ3n) is 3.58. The molecule has 0 amide bonds. The molecule has 24 heavy (non-hydrogen) atoms. The maximum atomic E-state index is 12.3. The minimum Gasteiger partial charge on any atom is -0.465 e. The molecule has 126 valence electrons. The van der Waals surface area contributed by atoms with Gasteiger partial charge in [-0.2, -0.15) is 13.2 Å². The van der Waals surface area contributed by atoms with E-state index < -0.39 is 18.6 Å². The van der Waals surface area contributed by atoms with Crippen molar-refractivity contribution in [2.75, 3.05) is 19.0 Å². The number of alkyl halides is 3. The number of nitrogens with zero attached hydrogens (tertiary/aromatic N) is 2. The minimum atomic E-state index is -4.24. The van der Waals surface area contributed by atoms with Gasteiger partial charge in [0.25, 0.3) is 0 Å². The van der Waals surface area contributed by atoms with Crippen LogP contribution in [0.25, 0.3) is 16.6 Å². The maximum absolute atomic E-state index is 12.3. The summed E-state index contributed by atoms with van der Waals surface area (Å²) in [4.78, 5) is 16.0. The van der Waals surface area contributed by atoms with E-state index in [1.807, 2.05) is 0 Å². The van der Waals surface area contributed by atoms with E-state index in [1.54, 1.807) is 40.9 Å². The Bertz CT molecular complexity index is 903. The van der Waals surface area contributed by atoms with Crippen molar-refractivity contribution in [2.24, 2.45) is 0 Å². The van der Waals surface area contributed by atoms with Gasteiger partial charge in [-0.3, -0.25) is 0 Å². The van der Waals surface area contributed by atoms with Crippen molar-refractivity contribution in [1.29, 1.82) is 0 Å². The first-order valence-corrected chi connectivity index (χ1v) is 7.19. The van der Waals surface area contributed by atoms with Gasteiger partial charge >= 0.3 is 12.1 Å². The van der Waals surface area contributed by atoms with Crippen LogP contribution in [0, 0.1) is 0 Å². The Balaban J connectivity index is 2.03. The highest BCUT2D eigenvalue weighted by Gasteiger charge is 2.26. The summed E-state index contributed by atoms with van der Waals surface area (Å²) in [6, 6.07) is 8.43. The number of rotatable bonds is 4. The number of anilines is 1. The van der Waals surface area contributed by atoms with E-state index in [1.165, 1.54) is 7.11 Å². The average molecular weight is 337 g/mol. The van der Waals surface area contributed by atoms with Crippen LogP contribution >= 0.6 is 0 Å². The first kappa shape index (κ1) is 16.1. The molecule has 0 spiro atoms. The molecule has 0 bridgehead atoms. The summed E-state index contributed by atoms with van der Waals surface area (Å²) in [6.07, 6.45) is -3.41. The van der Waals surface area contributed by atoms with E-state index >= 15 is 0 Å². The zero-order valence-electron chi connectivity index (χ0n) is 12.7. The highest BCUT2D eigenvalue weighted by atomic mass is 19.4. The quantitative estimate of drug-likeness (QED) is 0.739. The topological polar surface area (TPSA) is 55.6 Å². The molecule has 3 aromatic rings. The summed E-state index contributed by atoms with van der Waals surface area (Å²) in [6.45, 7) is -0.278. The normalized spacial score (nSPS) is 11.8. The molecular weight excluding hydrogens is 323 g/mol. The lowest BCUT2D eigenvalue weighted by molar-refractivity contribution is -0.131. The molecule has 0 aliphatic carbocycles. The summed E-state index contributed by atoms with van der Waals surface area (Å²) >= 11 is 0. The van der Waals surface area contributed by atoms with Gasteiger partial charge in [0, 0.05) is 12.7 Å². The number of ether oxygens (including phenoxy) is 1. The summed E-state index contributed by atoms with van der Waals surface area (Å²) in [5.41, 5.74) is 2.21. The van der Waals surface area contributed by atoms with Gasteiger partial charge < -0.3 is 14.5 Å². The van der Waals surface area contributed by atoms with Crippen LogP contribution in [0.15, 0.2) is 36.5 Å². The molecule has 3 rings (SSSR count). The zero-order chi connectivity index (χ0) is 17.3. The van der Waals surface area contributed by atoms with Gasteiger partial charge in [0.1, 0.15) is 0 Å². The highest BCUT2D eigenvalue weighted by molar-refractivity contribution is 5.95. The Kier molecular flexibility index (Phi) is 4.04. The van der Waals surface area contributed by atoms with E-state index in [0.717, 1.165) is 5.52 Å². The number of fused-ring (bicyclic) bond motifs is 3. The second-order valence-corrected chi connectivity index (χ2v) is 5.21. The van der Waals surface area contributed by atoms with Crippen molar-refractivity contribution in [3.05, 3.63) is 42.1 Å². The number of hydrogen-bond donors (Lipinski definition) is 1. The second-order valence-electron chi connectivity index (χ2n) is 5.21. The first-order chi connectivity index (χ1) is 11.4. The molecule has 5 nitrogen and oxygen atoms in total. The largest absolute Gasteiger partial charge is 0.465 e. The van der Waals surface area contributed by atoms with Crippen molar-refractivity contribution in [3.63, 3.8) is 0 Å². The summed E-state index contributed by atoms with van der Waals surface area (Å²) in [7, 11) is 1.28. The van der Waals surface area contributed by atoms with E-state index in [4.69, 9.17) is 0 Å². The third kappa shape index (κ3) is 3.12. The Hall–Kier alpha value is -2.77. The van der Waals surface area contributed by atoms with E-state index in [0.29, 0.717) is 22.4 Å². The van der Waals surface area contributed by atoms with Crippen LogP contribution in [-0.4, -0.2) is 35.2 Å². The first-order valence-electron chi connectivity index (χ1n) is 7.19. The van der Waals surface area contributed by atoms with Gasteiger partial charge in [-0.1, -0.05) is 0 Å². The molecule has 0 aliphatic rings. The van der Waals surface area contributed by atoms with Gasteiger partial charge in [0.2, 0.25) is 0 Å². The number of carbonyl (C=O) groups is 1. The zero-order valence-corrected chi connectivity index (χ0v) is 12.7. The van der Waals surface area contributed by atoms with Crippen LogP contribution in [0.1, 0.15) is 16.8 Å². The lowest BCUT2D eigenvalue weighted by Gasteiger charge is -2.12. The van der Waals surface area contributed by atoms with Gasteiger partial charge in [-0.05, 0) is 30.3 Å². The summed E-state index contributed by atoms with van der Waals surface area (Å²) in [5.74, 6) is -0.170. The predicted molar refractivity (Wildman–Crippen MR) is 83.2 cm³/mol. The molecule has 8 heteroatoms. The number of halogens is 3. The number of nitrogens with one attached hydrogen (secondary N) is 1. The van der Waals surface area contributed by atoms with Crippen molar-refractivity contribution < 1.29 is 22.7 Å². The molecular formula is C16H14F3N3O2. The fourth-order valence-electron chi connectivity index (χ4n) is 2.48. The number of benzene rings is 1. The smallest absolute Gasteiger partial charge is 0.390 e. The molecule has 1 aromatic carbocycles. The summed E-state index contributed by atoms with van der Waals surface area (Å²) < 4.78 is 43.5. The number of methoxy groups -OCH3 is 1. The van der Waals surface area contributed by atoms with Crippen LogP contribution in [0.3, 0.4) is 0 Å². The number of esters is 1. The lowest BCUT2D eigenvalue weighted by Crippen LogP contribution is -2.15. The Morgan fingerprint density at radius 3 is 2.79 bits per heavy atom. The SMILES string of the molecule is COC(=O)c1ccc2c(c1)nc(NCCC(F)(F)F)c1cccn12. The minimum absolute atomic E-state index is 0.278. The molecule has 0 saturated heterocycles. The van der Waals surface area contributed by atoms with Crippen LogP contribution in [0.5, 0.6) is 0 Å². The van der Waals surface area contributed by atoms with Crippen LogP contribution < -0.4 is 5.32 Å². The van der Waals surface area contributed by atoms with Crippen molar-refractivity contribution >= 4 is 28.3 Å². The molecule has 0 fully saturated rings. The second kappa shape index (κ2) is 6.03. The number of aromatic nitrogens is 2. The maximum Gasteiger partial charge on any atom is 0.390 e. The van der Waals surface area contributed by atoms with Crippen molar-refractivity contribution in [1.82, 2.24) is 9.38 Å². The Morgan fingerprint density at radius 1 is 1.29 bits per heavy atom. The van der Waals surface area contributed by atoms with E-state index in [9.17, 15) is 18.0 Å². The average Bonchev–Trinajstić information content (AvgIpc) is 3.02. The number of hydrogen-bond acceptors (Lipinski definition) is 4. The molecule has 2 aromatic heterocycles. The van der Waals surface area contributed by atoms with Gasteiger partial charge in [-0.25, -0.2) is 9.78 Å². The molecule has 0 aliphatic heterocycles. The van der Waals surface area contributed by atoms with Crippen LogP contribution in [0.2, 0.25) is 0 Å². The van der Waals surface area contributed by atoms with Crippen molar-refractivity contribution in [2.45, 2.75) is 12.6 Å². The predicted octanol–water partition coefficient (Wildman–Crippen LogP) is 3.64. The molecule has 1 N–H and O–H groups in total.